The molecule has 186 valence electrons. The monoisotopic (exact) mass is 485 g/mol. The van der Waals surface area contributed by atoms with Crippen LogP contribution in [0.15, 0.2) is 78.9 Å². The fraction of sp³-hybridized carbons (Fsp3) is 0.310. The maximum Gasteiger partial charge on any atom is 0.228 e. The predicted molar refractivity (Wildman–Crippen MR) is 140 cm³/mol. The van der Waals surface area contributed by atoms with Crippen LogP contribution in [0.5, 0.6) is 11.5 Å². The molecule has 5 rings (SSSR count). The van der Waals surface area contributed by atoms with Gasteiger partial charge in [0.1, 0.15) is 11.5 Å². The number of rotatable bonds is 6. The molecule has 0 aliphatic carbocycles. The summed E-state index contributed by atoms with van der Waals surface area (Å²) in [5.41, 5.74) is 2.84. The van der Waals surface area contributed by atoms with Crippen molar-refractivity contribution >= 4 is 23.2 Å². The van der Waals surface area contributed by atoms with Crippen molar-refractivity contribution in [3.05, 3.63) is 84.4 Å². The third kappa shape index (κ3) is 4.61. The first-order valence-corrected chi connectivity index (χ1v) is 12.3. The number of hydrogen-bond donors (Lipinski definition) is 0. The van der Waals surface area contributed by atoms with Crippen molar-refractivity contribution in [2.24, 2.45) is 5.92 Å². The van der Waals surface area contributed by atoms with Crippen molar-refractivity contribution in [3.8, 4) is 11.5 Å². The molecule has 0 spiro atoms. The molecule has 2 saturated heterocycles. The largest absolute Gasteiger partial charge is 0.497 e. The molecule has 2 aliphatic rings. The Morgan fingerprint density at radius 1 is 0.750 bits per heavy atom. The van der Waals surface area contributed by atoms with Gasteiger partial charge in [-0.2, -0.15) is 0 Å². The minimum Gasteiger partial charge on any atom is -0.497 e. The fourth-order valence-corrected chi connectivity index (χ4v) is 5.24. The number of methoxy groups -OCH3 is 2. The van der Waals surface area contributed by atoms with Gasteiger partial charge in [0.15, 0.2) is 0 Å². The first-order chi connectivity index (χ1) is 17.6. The van der Waals surface area contributed by atoms with Gasteiger partial charge in [-0.05, 0) is 54.1 Å². The van der Waals surface area contributed by atoms with Crippen LogP contribution >= 0.6 is 0 Å². The zero-order valence-electron chi connectivity index (χ0n) is 20.7. The second kappa shape index (κ2) is 10.3. The zero-order valence-corrected chi connectivity index (χ0v) is 20.7. The Morgan fingerprint density at radius 2 is 1.33 bits per heavy atom. The highest BCUT2D eigenvalue weighted by Crippen LogP contribution is 2.43. The first-order valence-electron chi connectivity index (χ1n) is 12.3. The van der Waals surface area contributed by atoms with Crippen molar-refractivity contribution in [1.29, 1.82) is 0 Å². The fourth-order valence-electron chi connectivity index (χ4n) is 5.24. The van der Waals surface area contributed by atoms with Crippen LogP contribution < -0.4 is 19.3 Å². The molecule has 36 heavy (non-hydrogen) atoms. The van der Waals surface area contributed by atoms with Crippen LogP contribution in [0.1, 0.15) is 18.0 Å². The Balaban J connectivity index is 1.40. The highest BCUT2D eigenvalue weighted by atomic mass is 16.5. The number of carbonyl (C=O) groups is 2. The quantitative estimate of drug-likeness (QED) is 0.525. The molecule has 2 aliphatic heterocycles. The summed E-state index contributed by atoms with van der Waals surface area (Å²) in [6, 6.07) is 25.0. The molecule has 0 saturated carbocycles. The van der Waals surface area contributed by atoms with Gasteiger partial charge in [-0.25, -0.2) is 0 Å². The summed E-state index contributed by atoms with van der Waals surface area (Å²) < 4.78 is 10.6. The van der Waals surface area contributed by atoms with Crippen LogP contribution in [0.2, 0.25) is 0 Å². The Labute approximate surface area is 211 Å². The van der Waals surface area contributed by atoms with E-state index >= 15 is 0 Å². The van der Waals surface area contributed by atoms with Crippen LogP contribution in [-0.2, 0) is 9.59 Å². The summed E-state index contributed by atoms with van der Waals surface area (Å²) >= 11 is 0. The zero-order chi connectivity index (χ0) is 25.1. The lowest BCUT2D eigenvalue weighted by Crippen LogP contribution is -2.51. The van der Waals surface area contributed by atoms with Crippen LogP contribution in [0.3, 0.4) is 0 Å². The van der Waals surface area contributed by atoms with Crippen LogP contribution in [0.4, 0.5) is 11.4 Å². The molecule has 7 nitrogen and oxygen atoms in total. The smallest absolute Gasteiger partial charge is 0.228 e. The second-order valence-electron chi connectivity index (χ2n) is 9.14. The Bertz CT molecular complexity index is 1190. The van der Waals surface area contributed by atoms with Crippen molar-refractivity contribution in [1.82, 2.24) is 4.90 Å². The molecular formula is C29H31N3O4. The van der Waals surface area contributed by atoms with E-state index in [-0.39, 0.29) is 18.2 Å². The van der Waals surface area contributed by atoms with Gasteiger partial charge in [0.25, 0.3) is 0 Å². The summed E-state index contributed by atoms with van der Waals surface area (Å²) in [4.78, 5) is 33.2. The molecule has 2 heterocycles. The van der Waals surface area contributed by atoms with Crippen molar-refractivity contribution < 1.29 is 19.1 Å². The minimum absolute atomic E-state index is 0.0351. The third-order valence-corrected chi connectivity index (χ3v) is 7.16. The Morgan fingerprint density at radius 3 is 1.92 bits per heavy atom. The van der Waals surface area contributed by atoms with Gasteiger partial charge >= 0.3 is 0 Å². The number of anilines is 2. The molecule has 0 N–H and O–H groups in total. The summed E-state index contributed by atoms with van der Waals surface area (Å²) in [6.45, 7) is 2.81. The van der Waals surface area contributed by atoms with Gasteiger partial charge in [0.05, 0.1) is 26.2 Å². The molecule has 0 aromatic heterocycles. The number of amides is 2. The molecule has 3 aromatic rings. The summed E-state index contributed by atoms with van der Waals surface area (Å²) in [7, 11) is 3.24. The minimum atomic E-state index is -0.462. The molecule has 0 radical (unpaired) electrons. The predicted octanol–water partition coefficient (Wildman–Crippen LogP) is 4.15. The number of piperazine rings is 1. The van der Waals surface area contributed by atoms with E-state index in [4.69, 9.17) is 9.47 Å². The van der Waals surface area contributed by atoms with Crippen LogP contribution in [-0.4, -0.2) is 57.1 Å². The highest BCUT2D eigenvalue weighted by Gasteiger charge is 2.46. The number of para-hydroxylation sites is 1. The van der Waals surface area contributed by atoms with Gasteiger partial charge in [-0.3, -0.25) is 9.59 Å². The van der Waals surface area contributed by atoms with Gasteiger partial charge in [-0.1, -0.05) is 30.3 Å². The van der Waals surface area contributed by atoms with E-state index in [1.165, 1.54) is 5.69 Å². The summed E-state index contributed by atoms with van der Waals surface area (Å²) in [5, 5.41) is 0. The second-order valence-corrected chi connectivity index (χ2v) is 9.14. The lowest BCUT2D eigenvalue weighted by molar-refractivity contribution is -0.136. The topological polar surface area (TPSA) is 62.3 Å². The normalized spacial score (nSPS) is 19.9. The number of nitrogens with zero attached hydrogens (tertiary/aromatic N) is 3. The molecule has 7 heteroatoms. The van der Waals surface area contributed by atoms with Gasteiger partial charge in [-0.15, -0.1) is 0 Å². The maximum absolute atomic E-state index is 13.9. The number of benzene rings is 3. The number of hydrogen-bond acceptors (Lipinski definition) is 5. The molecule has 2 unspecified atom stereocenters. The molecule has 2 fully saturated rings. The van der Waals surface area contributed by atoms with E-state index in [9.17, 15) is 9.59 Å². The van der Waals surface area contributed by atoms with Crippen LogP contribution in [0, 0.1) is 5.92 Å². The van der Waals surface area contributed by atoms with E-state index in [0.29, 0.717) is 13.1 Å². The maximum atomic E-state index is 13.9. The highest BCUT2D eigenvalue weighted by molar-refractivity contribution is 6.01. The summed E-state index contributed by atoms with van der Waals surface area (Å²) in [6.07, 6.45) is 0.181. The molecular weight excluding hydrogens is 454 g/mol. The van der Waals surface area contributed by atoms with Crippen molar-refractivity contribution in [2.75, 3.05) is 50.2 Å². The lowest BCUT2D eigenvalue weighted by Gasteiger charge is -2.38. The van der Waals surface area contributed by atoms with Gasteiger partial charge in [0.2, 0.25) is 11.8 Å². The van der Waals surface area contributed by atoms with E-state index in [2.05, 4.69) is 17.0 Å². The van der Waals surface area contributed by atoms with Crippen LogP contribution in [0.25, 0.3) is 0 Å². The van der Waals surface area contributed by atoms with Gasteiger partial charge < -0.3 is 24.2 Å². The average Bonchev–Trinajstić information content (AvgIpc) is 3.30. The van der Waals surface area contributed by atoms with E-state index in [0.717, 1.165) is 35.8 Å². The standard InChI is InChI=1S/C29H31N3O4/c1-35-24-12-8-21(9-13-24)28-26(20-27(33)32(28)23-10-14-25(36-2)15-11-23)29(34)31-18-16-30(17-19-31)22-6-4-3-5-7-22/h3-15,26,28H,16-20H2,1-2H3. The Hall–Kier alpha value is -4.00. The third-order valence-electron chi connectivity index (χ3n) is 7.16. The van der Waals surface area contributed by atoms with Gasteiger partial charge in [0, 0.05) is 44.0 Å². The molecule has 2 atom stereocenters. The van der Waals surface area contributed by atoms with E-state index in [1.54, 1.807) is 19.1 Å². The van der Waals surface area contributed by atoms with Crippen molar-refractivity contribution in [3.63, 3.8) is 0 Å². The SMILES string of the molecule is COc1ccc(C2C(C(=O)N3CCN(c4ccccc4)CC3)CC(=O)N2c2ccc(OC)cc2)cc1. The number of carbonyl (C=O) groups excluding carboxylic acids is 2. The molecule has 0 bridgehead atoms. The molecule has 2 amide bonds. The van der Waals surface area contributed by atoms with E-state index < -0.39 is 12.0 Å². The first kappa shape index (κ1) is 23.7. The number of ether oxygens (including phenoxy) is 2. The van der Waals surface area contributed by atoms with Crippen molar-refractivity contribution in [2.45, 2.75) is 12.5 Å². The Kier molecular flexibility index (Phi) is 6.80. The molecule has 3 aromatic carbocycles. The summed E-state index contributed by atoms with van der Waals surface area (Å²) in [5.74, 6) is 0.973. The average molecular weight is 486 g/mol. The van der Waals surface area contributed by atoms with E-state index in [1.807, 2.05) is 71.6 Å². The lowest BCUT2D eigenvalue weighted by atomic mass is 9.91.